The molecule has 4 nitrogen and oxygen atoms in total. The second-order valence-electron chi connectivity index (χ2n) is 8.95. The summed E-state index contributed by atoms with van der Waals surface area (Å²) in [6.45, 7) is 14.5. The van der Waals surface area contributed by atoms with Crippen LogP contribution in [-0.2, 0) is 9.59 Å². The van der Waals surface area contributed by atoms with Gasteiger partial charge in [0.25, 0.3) is 0 Å². The summed E-state index contributed by atoms with van der Waals surface area (Å²) in [5, 5.41) is 8.65. The molecule has 1 atom stereocenters. The number of esters is 1. The van der Waals surface area contributed by atoms with Crippen molar-refractivity contribution in [3.05, 3.63) is 35.9 Å². The van der Waals surface area contributed by atoms with Crippen LogP contribution in [0.15, 0.2) is 30.3 Å². The third kappa shape index (κ3) is 6.04. The number of carbonyl (C=O) groups excluding carboxylic acids is 1. The average molecular weight is 346 g/mol. The molecular weight excluding hydrogens is 316 g/mol. The van der Waals surface area contributed by atoms with Crippen LogP contribution in [0.1, 0.15) is 60.5 Å². The van der Waals surface area contributed by atoms with Crippen LogP contribution >= 0.6 is 0 Å². The van der Waals surface area contributed by atoms with Crippen LogP contribution in [0.5, 0.6) is 5.75 Å². The van der Waals surface area contributed by atoms with Crippen molar-refractivity contribution < 1.29 is 19.4 Å². The predicted octanol–water partition coefficient (Wildman–Crippen LogP) is 5.18. The summed E-state index contributed by atoms with van der Waals surface area (Å²) in [4.78, 5) is 23.5. The maximum Gasteiger partial charge on any atom is 0.328 e. The summed E-state index contributed by atoms with van der Waals surface area (Å²) >= 11 is 0. The van der Waals surface area contributed by atoms with Gasteiger partial charge in [-0.05, 0) is 47.9 Å². The normalized spacial score (nSPS) is 15.0. The van der Waals surface area contributed by atoms with Crippen LogP contribution in [0.3, 0.4) is 0 Å². The van der Waals surface area contributed by atoms with E-state index < -0.39 is 11.4 Å². The Balaban J connectivity index is 2.99. The second-order valence-corrected chi connectivity index (χ2v) is 8.95. The van der Waals surface area contributed by atoms with Gasteiger partial charge in [0.15, 0.2) is 0 Å². The Bertz CT molecular complexity index is 642. The zero-order chi connectivity index (χ0) is 19.5. The Labute approximate surface area is 150 Å². The minimum Gasteiger partial charge on any atom is -0.478 e. The first kappa shape index (κ1) is 20.9. The van der Waals surface area contributed by atoms with Crippen molar-refractivity contribution in [2.45, 2.75) is 54.9 Å². The molecule has 25 heavy (non-hydrogen) atoms. The fourth-order valence-corrected chi connectivity index (χ4v) is 2.74. The van der Waals surface area contributed by atoms with Gasteiger partial charge in [-0.1, -0.05) is 53.7 Å². The zero-order valence-electron chi connectivity index (χ0n) is 16.3. The fourth-order valence-electron chi connectivity index (χ4n) is 2.74. The number of rotatable bonds is 5. The van der Waals surface area contributed by atoms with E-state index in [1.165, 1.54) is 6.08 Å². The highest BCUT2D eigenvalue weighted by Gasteiger charge is 2.47. The molecule has 1 N–H and O–H groups in total. The lowest BCUT2D eigenvalue weighted by Gasteiger charge is -2.43. The summed E-state index contributed by atoms with van der Waals surface area (Å²) in [5.74, 6) is -0.788. The van der Waals surface area contributed by atoms with Crippen molar-refractivity contribution >= 4 is 18.0 Å². The number of benzene rings is 1. The van der Waals surface area contributed by atoms with Crippen molar-refractivity contribution in [3.63, 3.8) is 0 Å². The van der Waals surface area contributed by atoms with Crippen molar-refractivity contribution in [1.82, 2.24) is 0 Å². The molecule has 1 aromatic rings. The molecule has 138 valence electrons. The minimum atomic E-state index is -1.00. The van der Waals surface area contributed by atoms with E-state index in [1.54, 1.807) is 24.3 Å². The first-order valence-corrected chi connectivity index (χ1v) is 8.48. The largest absolute Gasteiger partial charge is 0.478 e. The Hall–Kier alpha value is -2.10. The topological polar surface area (TPSA) is 63.6 Å². The first-order chi connectivity index (χ1) is 11.2. The number of aliphatic carboxylic acids is 1. The van der Waals surface area contributed by atoms with Gasteiger partial charge < -0.3 is 9.84 Å². The number of carboxylic acid groups (broad SMARTS) is 1. The number of carboxylic acids is 1. The Morgan fingerprint density at radius 3 is 1.92 bits per heavy atom. The molecule has 0 radical (unpaired) electrons. The predicted molar refractivity (Wildman–Crippen MR) is 100 cm³/mol. The zero-order valence-corrected chi connectivity index (χ0v) is 16.3. The molecule has 0 fully saturated rings. The number of ether oxygens (including phenoxy) is 1. The lowest BCUT2D eigenvalue weighted by molar-refractivity contribution is -0.154. The van der Waals surface area contributed by atoms with Crippen LogP contribution < -0.4 is 4.74 Å². The van der Waals surface area contributed by atoms with E-state index in [-0.39, 0.29) is 16.8 Å². The van der Waals surface area contributed by atoms with Crippen molar-refractivity contribution in [2.75, 3.05) is 0 Å². The van der Waals surface area contributed by atoms with E-state index in [0.717, 1.165) is 11.6 Å². The molecule has 0 aliphatic rings. The molecular formula is C21H30O4. The van der Waals surface area contributed by atoms with Crippen LogP contribution in [0.25, 0.3) is 6.08 Å². The van der Waals surface area contributed by atoms with Gasteiger partial charge in [0.1, 0.15) is 5.75 Å². The van der Waals surface area contributed by atoms with Crippen LogP contribution in [0.4, 0.5) is 0 Å². The van der Waals surface area contributed by atoms with Crippen LogP contribution in [0, 0.1) is 16.2 Å². The third-order valence-corrected chi connectivity index (χ3v) is 4.50. The maximum atomic E-state index is 12.9. The average Bonchev–Trinajstić information content (AvgIpc) is 2.43. The van der Waals surface area contributed by atoms with E-state index in [2.05, 4.69) is 41.5 Å². The van der Waals surface area contributed by atoms with E-state index >= 15 is 0 Å². The van der Waals surface area contributed by atoms with E-state index in [4.69, 9.17) is 9.84 Å². The Morgan fingerprint density at radius 2 is 1.52 bits per heavy atom. The second kappa shape index (κ2) is 7.42. The van der Waals surface area contributed by atoms with Gasteiger partial charge in [-0.25, -0.2) is 4.79 Å². The standard InChI is InChI=1S/C21H30O4/c1-19(2,3)14-21(7,20(4,5)6)18(24)25-16-11-8-15(9-12-16)10-13-17(22)23/h8-13H,14H2,1-7H3,(H,22,23)/b13-10+. The highest BCUT2D eigenvalue weighted by atomic mass is 16.5. The highest BCUT2D eigenvalue weighted by molar-refractivity contribution is 5.85. The smallest absolute Gasteiger partial charge is 0.328 e. The molecule has 0 spiro atoms. The maximum absolute atomic E-state index is 12.9. The van der Waals surface area contributed by atoms with Crippen LogP contribution in [-0.4, -0.2) is 17.0 Å². The molecule has 0 heterocycles. The molecule has 0 saturated carbocycles. The van der Waals surface area contributed by atoms with Crippen molar-refractivity contribution in [3.8, 4) is 5.75 Å². The lowest BCUT2D eigenvalue weighted by Crippen LogP contribution is -2.45. The summed E-state index contributed by atoms with van der Waals surface area (Å²) in [6, 6.07) is 6.81. The lowest BCUT2D eigenvalue weighted by atomic mass is 9.61. The van der Waals surface area contributed by atoms with Gasteiger partial charge >= 0.3 is 11.9 Å². The third-order valence-electron chi connectivity index (χ3n) is 4.50. The van der Waals surface area contributed by atoms with Crippen molar-refractivity contribution in [2.24, 2.45) is 16.2 Å². The molecule has 0 bridgehead atoms. The quantitative estimate of drug-likeness (QED) is 0.453. The first-order valence-electron chi connectivity index (χ1n) is 8.48. The molecule has 1 aromatic carbocycles. The molecule has 0 amide bonds. The van der Waals surface area contributed by atoms with Crippen LogP contribution in [0.2, 0.25) is 0 Å². The van der Waals surface area contributed by atoms with Gasteiger partial charge in [0, 0.05) is 6.08 Å². The van der Waals surface area contributed by atoms with Crippen molar-refractivity contribution in [1.29, 1.82) is 0 Å². The van der Waals surface area contributed by atoms with E-state index in [0.29, 0.717) is 12.2 Å². The molecule has 4 heteroatoms. The van der Waals surface area contributed by atoms with Gasteiger partial charge in [-0.15, -0.1) is 0 Å². The highest BCUT2D eigenvalue weighted by Crippen LogP contribution is 2.47. The molecule has 1 rings (SSSR count). The molecule has 0 saturated heterocycles. The Kier molecular flexibility index (Phi) is 6.22. The van der Waals surface area contributed by atoms with Gasteiger partial charge in [0.2, 0.25) is 0 Å². The summed E-state index contributed by atoms with van der Waals surface area (Å²) in [6.07, 6.45) is 3.27. The fraction of sp³-hybridized carbons (Fsp3) is 0.524. The van der Waals surface area contributed by atoms with Gasteiger partial charge in [-0.3, -0.25) is 4.79 Å². The number of carbonyl (C=O) groups is 2. The molecule has 1 unspecified atom stereocenters. The number of hydrogen-bond acceptors (Lipinski definition) is 3. The SMILES string of the molecule is CC(C)(C)CC(C)(C(=O)Oc1ccc(/C=C/C(=O)O)cc1)C(C)(C)C. The molecule has 0 aromatic heterocycles. The summed E-state index contributed by atoms with van der Waals surface area (Å²) in [7, 11) is 0. The van der Waals surface area contributed by atoms with Gasteiger partial charge in [0.05, 0.1) is 5.41 Å². The number of hydrogen-bond donors (Lipinski definition) is 1. The molecule has 0 aliphatic carbocycles. The van der Waals surface area contributed by atoms with E-state index in [9.17, 15) is 9.59 Å². The summed E-state index contributed by atoms with van der Waals surface area (Å²) < 4.78 is 5.65. The van der Waals surface area contributed by atoms with E-state index in [1.807, 2.05) is 6.92 Å². The molecule has 0 aliphatic heterocycles. The van der Waals surface area contributed by atoms with Gasteiger partial charge in [-0.2, -0.15) is 0 Å². The minimum absolute atomic E-state index is 0.00741. The summed E-state index contributed by atoms with van der Waals surface area (Å²) in [5.41, 5.74) is -0.156. The Morgan fingerprint density at radius 1 is 1.00 bits per heavy atom. The monoisotopic (exact) mass is 346 g/mol.